The number of amides is 1. The van der Waals surface area contributed by atoms with Gasteiger partial charge in [-0.1, -0.05) is 12.8 Å². The van der Waals surface area contributed by atoms with Gasteiger partial charge in [0, 0.05) is 32.2 Å². The van der Waals surface area contributed by atoms with Gasteiger partial charge in [0.2, 0.25) is 5.91 Å². The first-order valence-electron chi connectivity index (χ1n) is 6.67. The van der Waals surface area contributed by atoms with E-state index in [-0.39, 0.29) is 18.0 Å². The number of carbonyl (C=O) groups is 1. The van der Waals surface area contributed by atoms with Crippen LogP contribution in [0.3, 0.4) is 0 Å². The van der Waals surface area contributed by atoms with E-state index in [4.69, 9.17) is 10.5 Å². The van der Waals surface area contributed by atoms with E-state index in [0.717, 1.165) is 19.3 Å². The molecule has 0 aromatic carbocycles. The zero-order valence-corrected chi connectivity index (χ0v) is 11.1. The molecule has 17 heavy (non-hydrogen) atoms. The molecule has 0 bridgehead atoms. The van der Waals surface area contributed by atoms with Crippen LogP contribution >= 0.6 is 0 Å². The summed E-state index contributed by atoms with van der Waals surface area (Å²) in [5.41, 5.74) is 6.04. The van der Waals surface area contributed by atoms with Crippen LogP contribution in [0.25, 0.3) is 0 Å². The van der Waals surface area contributed by atoms with Crippen molar-refractivity contribution >= 4 is 5.91 Å². The average molecular weight is 242 g/mol. The molecule has 0 aliphatic heterocycles. The minimum Gasteiger partial charge on any atom is -0.385 e. The van der Waals surface area contributed by atoms with Crippen LogP contribution in [0.5, 0.6) is 0 Å². The maximum absolute atomic E-state index is 11.8. The Labute approximate surface area is 104 Å². The largest absolute Gasteiger partial charge is 0.385 e. The summed E-state index contributed by atoms with van der Waals surface area (Å²) in [6.45, 7) is 2.70. The first kappa shape index (κ1) is 14.5. The molecule has 1 amide bonds. The molecule has 1 fully saturated rings. The molecule has 1 aliphatic rings. The normalized spacial score (nSPS) is 26.5. The molecule has 1 rings (SSSR count). The summed E-state index contributed by atoms with van der Waals surface area (Å²) < 4.78 is 4.99. The van der Waals surface area contributed by atoms with Crippen molar-refractivity contribution in [2.24, 2.45) is 11.7 Å². The lowest BCUT2D eigenvalue weighted by molar-refractivity contribution is -0.123. The highest BCUT2D eigenvalue weighted by molar-refractivity contribution is 5.76. The number of methoxy groups -OCH3 is 1. The van der Waals surface area contributed by atoms with Crippen LogP contribution in [0.1, 0.15) is 45.4 Å². The molecule has 1 aliphatic carbocycles. The predicted octanol–water partition coefficient (Wildman–Crippen LogP) is 1.44. The van der Waals surface area contributed by atoms with Crippen molar-refractivity contribution in [1.29, 1.82) is 0 Å². The molecule has 0 aromatic heterocycles. The summed E-state index contributed by atoms with van der Waals surface area (Å²) in [5, 5.41) is 3.01. The van der Waals surface area contributed by atoms with Crippen LogP contribution in [-0.2, 0) is 9.53 Å². The van der Waals surface area contributed by atoms with Gasteiger partial charge in [0.15, 0.2) is 0 Å². The SMILES string of the molecule is COCCC(C)NC(=O)CC1CCCCC1N. The van der Waals surface area contributed by atoms with Crippen LogP contribution in [0, 0.1) is 5.92 Å². The highest BCUT2D eigenvalue weighted by Crippen LogP contribution is 2.25. The van der Waals surface area contributed by atoms with Gasteiger partial charge in [0.25, 0.3) is 0 Å². The van der Waals surface area contributed by atoms with Crippen molar-refractivity contribution in [3.63, 3.8) is 0 Å². The Morgan fingerprint density at radius 1 is 1.47 bits per heavy atom. The Balaban J connectivity index is 2.23. The lowest BCUT2D eigenvalue weighted by Crippen LogP contribution is -2.39. The number of nitrogens with one attached hydrogen (secondary N) is 1. The van der Waals surface area contributed by atoms with Crippen LogP contribution in [0.4, 0.5) is 0 Å². The van der Waals surface area contributed by atoms with Crippen LogP contribution in [0.2, 0.25) is 0 Å². The quantitative estimate of drug-likeness (QED) is 0.740. The second-order valence-corrected chi connectivity index (χ2v) is 5.16. The maximum Gasteiger partial charge on any atom is 0.220 e. The fourth-order valence-corrected chi connectivity index (χ4v) is 2.43. The van der Waals surface area contributed by atoms with Gasteiger partial charge in [0.05, 0.1) is 0 Å². The number of hydrogen-bond donors (Lipinski definition) is 2. The Kier molecular flexibility index (Phi) is 6.52. The average Bonchev–Trinajstić information content (AvgIpc) is 2.29. The topological polar surface area (TPSA) is 64.3 Å². The zero-order valence-electron chi connectivity index (χ0n) is 11.1. The zero-order chi connectivity index (χ0) is 12.7. The summed E-state index contributed by atoms with van der Waals surface area (Å²) >= 11 is 0. The van der Waals surface area contributed by atoms with Gasteiger partial charge in [-0.2, -0.15) is 0 Å². The molecule has 4 heteroatoms. The summed E-state index contributed by atoms with van der Waals surface area (Å²) in [5.74, 6) is 0.509. The van der Waals surface area contributed by atoms with Crippen LogP contribution < -0.4 is 11.1 Å². The number of hydrogen-bond acceptors (Lipinski definition) is 3. The Hall–Kier alpha value is -0.610. The third kappa shape index (κ3) is 5.50. The van der Waals surface area contributed by atoms with Crippen molar-refractivity contribution in [3.05, 3.63) is 0 Å². The number of ether oxygens (including phenoxy) is 1. The predicted molar refractivity (Wildman–Crippen MR) is 68.6 cm³/mol. The number of nitrogens with two attached hydrogens (primary N) is 1. The van der Waals surface area contributed by atoms with E-state index in [9.17, 15) is 4.79 Å². The molecule has 3 N–H and O–H groups in total. The van der Waals surface area contributed by atoms with Gasteiger partial charge in [-0.3, -0.25) is 4.79 Å². The molecule has 100 valence electrons. The highest BCUT2D eigenvalue weighted by atomic mass is 16.5. The molecular formula is C13H26N2O2. The third-order valence-electron chi connectivity index (χ3n) is 3.58. The first-order chi connectivity index (χ1) is 8.13. The third-order valence-corrected chi connectivity index (χ3v) is 3.58. The molecule has 0 saturated heterocycles. The summed E-state index contributed by atoms with van der Waals surface area (Å²) in [6.07, 6.45) is 6.03. The van der Waals surface area contributed by atoms with Crippen molar-refractivity contribution < 1.29 is 9.53 Å². The van der Waals surface area contributed by atoms with Gasteiger partial charge in [-0.15, -0.1) is 0 Å². The summed E-state index contributed by atoms with van der Waals surface area (Å²) in [6, 6.07) is 0.394. The standard InChI is InChI=1S/C13H26N2O2/c1-10(7-8-17-2)15-13(16)9-11-5-3-4-6-12(11)14/h10-12H,3-9,14H2,1-2H3,(H,15,16). The van der Waals surface area contributed by atoms with Gasteiger partial charge in [-0.25, -0.2) is 0 Å². The van der Waals surface area contributed by atoms with E-state index < -0.39 is 0 Å². The summed E-state index contributed by atoms with van der Waals surface area (Å²) in [4.78, 5) is 11.8. The molecular weight excluding hydrogens is 216 g/mol. The van der Waals surface area contributed by atoms with Gasteiger partial charge in [0.1, 0.15) is 0 Å². The second kappa shape index (κ2) is 7.67. The van der Waals surface area contributed by atoms with E-state index in [0.29, 0.717) is 18.9 Å². The summed E-state index contributed by atoms with van der Waals surface area (Å²) in [7, 11) is 1.68. The second-order valence-electron chi connectivity index (χ2n) is 5.16. The fraction of sp³-hybridized carbons (Fsp3) is 0.923. The van der Waals surface area contributed by atoms with Crippen molar-refractivity contribution in [2.75, 3.05) is 13.7 Å². The molecule has 0 heterocycles. The van der Waals surface area contributed by atoms with E-state index in [2.05, 4.69) is 5.32 Å². The van der Waals surface area contributed by atoms with E-state index in [1.165, 1.54) is 12.8 Å². The Morgan fingerprint density at radius 3 is 2.82 bits per heavy atom. The van der Waals surface area contributed by atoms with E-state index in [1.54, 1.807) is 7.11 Å². The number of carbonyl (C=O) groups excluding carboxylic acids is 1. The Morgan fingerprint density at radius 2 is 2.18 bits per heavy atom. The van der Waals surface area contributed by atoms with Crippen LogP contribution in [-0.4, -0.2) is 31.7 Å². The van der Waals surface area contributed by atoms with Crippen molar-refractivity contribution in [1.82, 2.24) is 5.32 Å². The molecule has 1 saturated carbocycles. The smallest absolute Gasteiger partial charge is 0.220 e. The fourth-order valence-electron chi connectivity index (χ4n) is 2.43. The number of rotatable bonds is 6. The maximum atomic E-state index is 11.8. The minimum atomic E-state index is 0.135. The molecule has 0 spiro atoms. The van der Waals surface area contributed by atoms with Crippen molar-refractivity contribution in [2.45, 2.75) is 57.5 Å². The van der Waals surface area contributed by atoms with Crippen LogP contribution in [0.15, 0.2) is 0 Å². The molecule has 0 radical (unpaired) electrons. The highest BCUT2D eigenvalue weighted by Gasteiger charge is 2.24. The minimum absolute atomic E-state index is 0.135. The monoisotopic (exact) mass is 242 g/mol. The molecule has 3 atom stereocenters. The first-order valence-corrected chi connectivity index (χ1v) is 6.67. The van der Waals surface area contributed by atoms with E-state index in [1.807, 2.05) is 6.92 Å². The lowest BCUT2D eigenvalue weighted by atomic mass is 9.83. The van der Waals surface area contributed by atoms with E-state index >= 15 is 0 Å². The molecule has 3 unspecified atom stereocenters. The van der Waals surface area contributed by atoms with Gasteiger partial charge >= 0.3 is 0 Å². The lowest BCUT2D eigenvalue weighted by Gasteiger charge is -2.28. The molecule has 0 aromatic rings. The van der Waals surface area contributed by atoms with Crippen molar-refractivity contribution in [3.8, 4) is 0 Å². The Bertz CT molecular complexity index is 233. The molecule has 4 nitrogen and oxygen atoms in total. The van der Waals surface area contributed by atoms with Gasteiger partial charge in [-0.05, 0) is 32.1 Å². The van der Waals surface area contributed by atoms with Gasteiger partial charge < -0.3 is 15.8 Å².